The minimum absolute atomic E-state index is 0.0444. The van der Waals surface area contributed by atoms with Gasteiger partial charge in [0.2, 0.25) is 0 Å². The molecule has 0 saturated heterocycles. The zero-order chi connectivity index (χ0) is 15.1. The minimum Gasteiger partial charge on any atom is -0.352 e. The lowest BCUT2D eigenvalue weighted by Gasteiger charge is -2.16. The van der Waals surface area contributed by atoms with Crippen LogP contribution in [0.1, 0.15) is 42.3 Å². The Morgan fingerprint density at radius 1 is 1.30 bits per heavy atom. The van der Waals surface area contributed by atoms with Crippen LogP contribution in [0.4, 0.5) is 0 Å². The summed E-state index contributed by atoms with van der Waals surface area (Å²) < 4.78 is 0. The monoisotopic (exact) mass is 272 g/mol. The molecule has 3 nitrogen and oxygen atoms in total. The van der Waals surface area contributed by atoms with E-state index in [0.29, 0.717) is 30.5 Å². The molecular weight excluding hydrogens is 248 g/mol. The highest BCUT2D eigenvalue weighted by Crippen LogP contribution is 2.11. The van der Waals surface area contributed by atoms with E-state index in [0.717, 1.165) is 11.1 Å². The molecule has 1 unspecified atom stereocenters. The van der Waals surface area contributed by atoms with Crippen molar-refractivity contribution < 1.29 is 4.79 Å². The first-order valence-corrected chi connectivity index (χ1v) is 7.03. The number of nitrogens with one attached hydrogen (secondary N) is 1. The Morgan fingerprint density at radius 3 is 2.60 bits per heavy atom. The van der Waals surface area contributed by atoms with Gasteiger partial charge in [0.1, 0.15) is 0 Å². The van der Waals surface area contributed by atoms with Crippen LogP contribution in [0.5, 0.6) is 0 Å². The van der Waals surface area contributed by atoms with E-state index in [1.54, 1.807) is 0 Å². The second kappa shape index (κ2) is 7.72. The molecule has 1 rings (SSSR count). The summed E-state index contributed by atoms with van der Waals surface area (Å²) in [5.74, 6) is 6.75. The van der Waals surface area contributed by atoms with Crippen molar-refractivity contribution in [2.75, 3.05) is 13.1 Å². The Hall–Kier alpha value is -1.79. The van der Waals surface area contributed by atoms with E-state index in [1.807, 2.05) is 25.1 Å². The molecule has 1 aromatic carbocycles. The van der Waals surface area contributed by atoms with Crippen LogP contribution in [0.2, 0.25) is 0 Å². The van der Waals surface area contributed by atoms with Crippen LogP contribution in [-0.2, 0) is 0 Å². The zero-order valence-corrected chi connectivity index (χ0v) is 12.8. The average Bonchev–Trinajstić information content (AvgIpc) is 2.41. The number of carbonyl (C=O) groups is 1. The van der Waals surface area contributed by atoms with Gasteiger partial charge in [-0.15, -0.1) is 0 Å². The molecule has 108 valence electrons. The molecule has 3 N–H and O–H groups in total. The summed E-state index contributed by atoms with van der Waals surface area (Å²) >= 11 is 0. The molecule has 0 saturated carbocycles. The maximum Gasteiger partial charge on any atom is 0.251 e. The Kier molecular flexibility index (Phi) is 6.27. The van der Waals surface area contributed by atoms with Crippen molar-refractivity contribution in [3.8, 4) is 11.8 Å². The fourth-order valence-corrected chi connectivity index (χ4v) is 1.73. The first kappa shape index (κ1) is 16.3. The molecule has 3 heteroatoms. The van der Waals surface area contributed by atoms with Crippen LogP contribution < -0.4 is 11.1 Å². The van der Waals surface area contributed by atoms with Crippen LogP contribution in [0.3, 0.4) is 0 Å². The van der Waals surface area contributed by atoms with E-state index >= 15 is 0 Å². The third-order valence-electron chi connectivity index (χ3n) is 3.40. The van der Waals surface area contributed by atoms with E-state index in [9.17, 15) is 4.79 Å². The van der Waals surface area contributed by atoms with Crippen LogP contribution in [0.25, 0.3) is 0 Å². The SMILES string of the molecule is Cc1cc(C#CCN)cc(C(=O)NCC(C)C(C)C)c1. The third kappa shape index (κ3) is 5.07. The molecule has 0 aliphatic heterocycles. The molecule has 1 atom stereocenters. The molecule has 0 fully saturated rings. The van der Waals surface area contributed by atoms with Crippen LogP contribution in [0.15, 0.2) is 18.2 Å². The van der Waals surface area contributed by atoms with Gasteiger partial charge in [0.15, 0.2) is 0 Å². The van der Waals surface area contributed by atoms with Crippen molar-refractivity contribution in [3.63, 3.8) is 0 Å². The summed E-state index contributed by atoms with van der Waals surface area (Å²) in [4.78, 5) is 12.2. The third-order valence-corrected chi connectivity index (χ3v) is 3.40. The van der Waals surface area contributed by atoms with Crippen molar-refractivity contribution in [2.45, 2.75) is 27.7 Å². The van der Waals surface area contributed by atoms with Gasteiger partial charge in [-0.25, -0.2) is 0 Å². The van der Waals surface area contributed by atoms with Gasteiger partial charge < -0.3 is 11.1 Å². The second-order valence-corrected chi connectivity index (χ2v) is 5.52. The standard InChI is InChI=1S/C17H24N2O/c1-12(2)14(4)11-19-17(20)16-9-13(3)8-15(10-16)6-5-7-18/h8-10,12,14H,7,11,18H2,1-4H3,(H,19,20). The molecule has 1 aromatic rings. The quantitative estimate of drug-likeness (QED) is 0.827. The number of carbonyl (C=O) groups excluding carboxylic acids is 1. The Balaban J connectivity index is 2.80. The van der Waals surface area contributed by atoms with Gasteiger partial charge in [0.05, 0.1) is 6.54 Å². The number of hydrogen-bond donors (Lipinski definition) is 2. The highest BCUT2D eigenvalue weighted by atomic mass is 16.1. The summed E-state index contributed by atoms with van der Waals surface area (Å²) in [7, 11) is 0. The summed E-state index contributed by atoms with van der Waals surface area (Å²) in [6, 6.07) is 5.64. The molecule has 0 aliphatic rings. The predicted octanol–water partition coefficient (Wildman–Crippen LogP) is 2.33. The molecule has 0 aromatic heterocycles. The smallest absolute Gasteiger partial charge is 0.251 e. The van der Waals surface area contributed by atoms with E-state index < -0.39 is 0 Å². The maximum absolute atomic E-state index is 12.2. The Morgan fingerprint density at radius 2 is 2.00 bits per heavy atom. The summed E-state index contributed by atoms with van der Waals surface area (Å²) in [5, 5.41) is 2.98. The summed E-state index contributed by atoms with van der Waals surface area (Å²) in [6.45, 7) is 9.42. The highest BCUT2D eigenvalue weighted by molar-refractivity contribution is 5.94. The number of aryl methyl sites for hydroxylation is 1. The van der Waals surface area contributed by atoms with Gasteiger partial charge >= 0.3 is 0 Å². The van der Waals surface area contributed by atoms with Crippen molar-refractivity contribution in [3.05, 3.63) is 34.9 Å². The van der Waals surface area contributed by atoms with Gasteiger partial charge in [-0.3, -0.25) is 4.79 Å². The number of hydrogen-bond acceptors (Lipinski definition) is 2. The van der Waals surface area contributed by atoms with Crippen molar-refractivity contribution in [1.29, 1.82) is 0 Å². The van der Waals surface area contributed by atoms with Crippen LogP contribution in [-0.4, -0.2) is 19.0 Å². The molecule has 1 amide bonds. The van der Waals surface area contributed by atoms with Gasteiger partial charge in [-0.1, -0.05) is 32.6 Å². The van der Waals surface area contributed by atoms with Crippen molar-refractivity contribution in [2.24, 2.45) is 17.6 Å². The fourth-order valence-electron chi connectivity index (χ4n) is 1.73. The molecule has 0 spiro atoms. The Labute approximate surface area is 121 Å². The fraction of sp³-hybridized carbons (Fsp3) is 0.471. The van der Waals surface area contributed by atoms with E-state index in [4.69, 9.17) is 5.73 Å². The maximum atomic E-state index is 12.2. The van der Waals surface area contributed by atoms with Crippen molar-refractivity contribution >= 4 is 5.91 Å². The number of benzene rings is 1. The van der Waals surface area contributed by atoms with Gasteiger partial charge in [-0.05, 0) is 42.5 Å². The first-order chi connectivity index (χ1) is 9.43. The number of rotatable bonds is 4. The van der Waals surface area contributed by atoms with Gasteiger partial charge in [0, 0.05) is 17.7 Å². The summed E-state index contributed by atoms with van der Waals surface area (Å²) in [5.41, 5.74) is 7.88. The Bertz CT molecular complexity index is 524. The van der Waals surface area contributed by atoms with Crippen LogP contribution >= 0.6 is 0 Å². The first-order valence-electron chi connectivity index (χ1n) is 7.03. The van der Waals surface area contributed by atoms with Crippen LogP contribution in [0, 0.1) is 30.6 Å². The number of nitrogens with two attached hydrogens (primary N) is 1. The topological polar surface area (TPSA) is 55.1 Å². The van der Waals surface area contributed by atoms with Gasteiger partial charge in [0.25, 0.3) is 5.91 Å². The normalized spacial score (nSPS) is 11.7. The average molecular weight is 272 g/mol. The molecule has 0 radical (unpaired) electrons. The number of amides is 1. The van der Waals surface area contributed by atoms with E-state index in [1.165, 1.54) is 0 Å². The lowest BCUT2D eigenvalue weighted by atomic mass is 9.98. The predicted molar refractivity (Wildman–Crippen MR) is 83.4 cm³/mol. The largest absolute Gasteiger partial charge is 0.352 e. The molecule has 0 bridgehead atoms. The van der Waals surface area contributed by atoms with Crippen molar-refractivity contribution in [1.82, 2.24) is 5.32 Å². The molecular formula is C17H24N2O. The van der Waals surface area contributed by atoms with E-state index in [-0.39, 0.29) is 5.91 Å². The van der Waals surface area contributed by atoms with E-state index in [2.05, 4.69) is 37.9 Å². The summed E-state index contributed by atoms with van der Waals surface area (Å²) in [6.07, 6.45) is 0. The highest BCUT2D eigenvalue weighted by Gasteiger charge is 2.11. The molecule has 20 heavy (non-hydrogen) atoms. The molecule has 0 aliphatic carbocycles. The lowest BCUT2D eigenvalue weighted by Crippen LogP contribution is -2.30. The zero-order valence-electron chi connectivity index (χ0n) is 12.8. The second-order valence-electron chi connectivity index (χ2n) is 5.52. The minimum atomic E-state index is -0.0444. The lowest BCUT2D eigenvalue weighted by molar-refractivity contribution is 0.0945. The molecule has 0 heterocycles. The van der Waals surface area contributed by atoms with Gasteiger partial charge in [-0.2, -0.15) is 0 Å².